The van der Waals surface area contributed by atoms with Crippen LogP contribution in [-0.4, -0.2) is 35.7 Å². The van der Waals surface area contributed by atoms with Gasteiger partial charge in [0, 0.05) is 19.2 Å². The van der Waals surface area contributed by atoms with Crippen molar-refractivity contribution in [2.75, 3.05) is 19.7 Å². The van der Waals surface area contributed by atoms with Crippen molar-refractivity contribution in [1.29, 1.82) is 5.26 Å². The van der Waals surface area contributed by atoms with Crippen LogP contribution in [0.15, 0.2) is 0 Å². The van der Waals surface area contributed by atoms with Crippen LogP contribution in [0.1, 0.15) is 39.5 Å². The van der Waals surface area contributed by atoms with E-state index in [2.05, 4.69) is 24.8 Å². The zero-order valence-electron chi connectivity index (χ0n) is 10.5. The van der Waals surface area contributed by atoms with Gasteiger partial charge in [-0.05, 0) is 38.1 Å². The van der Waals surface area contributed by atoms with E-state index < -0.39 is 0 Å². The minimum atomic E-state index is 0.190. The normalized spacial score (nSPS) is 30.3. The van der Waals surface area contributed by atoms with Crippen LogP contribution in [0.25, 0.3) is 0 Å². The Morgan fingerprint density at radius 2 is 2.19 bits per heavy atom. The van der Waals surface area contributed by atoms with Gasteiger partial charge in [-0.2, -0.15) is 5.26 Å². The van der Waals surface area contributed by atoms with E-state index in [0.29, 0.717) is 6.04 Å². The Morgan fingerprint density at radius 1 is 1.44 bits per heavy atom. The standard InChI is InChI=1S/C13H24N2O/c1-3-15(7-4-8-16)13-9-11(2)5-6-12(13)10-14/h11-13,16H,3-9H2,1-2H3. The van der Waals surface area contributed by atoms with Gasteiger partial charge in [-0.1, -0.05) is 13.8 Å². The summed E-state index contributed by atoms with van der Waals surface area (Å²) in [6.45, 7) is 6.57. The summed E-state index contributed by atoms with van der Waals surface area (Å²) in [5.41, 5.74) is 0. The molecule has 0 amide bonds. The summed E-state index contributed by atoms with van der Waals surface area (Å²) in [6.07, 6.45) is 4.18. The van der Waals surface area contributed by atoms with Gasteiger partial charge >= 0.3 is 0 Å². The third-order valence-electron chi connectivity index (χ3n) is 3.72. The van der Waals surface area contributed by atoms with Crippen molar-refractivity contribution in [2.45, 2.75) is 45.6 Å². The van der Waals surface area contributed by atoms with Crippen LogP contribution in [0, 0.1) is 23.2 Å². The number of hydrogen-bond acceptors (Lipinski definition) is 3. The maximum Gasteiger partial charge on any atom is 0.0672 e. The van der Waals surface area contributed by atoms with Crippen LogP contribution in [0.5, 0.6) is 0 Å². The van der Waals surface area contributed by atoms with Gasteiger partial charge in [0.2, 0.25) is 0 Å². The number of aliphatic hydroxyl groups is 1. The highest BCUT2D eigenvalue weighted by atomic mass is 16.3. The number of hydrogen-bond donors (Lipinski definition) is 1. The molecule has 3 heteroatoms. The lowest BCUT2D eigenvalue weighted by Crippen LogP contribution is -2.44. The minimum absolute atomic E-state index is 0.190. The van der Waals surface area contributed by atoms with E-state index in [-0.39, 0.29) is 12.5 Å². The first-order valence-corrected chi connectivity index (χ1v) is 6.47. The first-order valence-electron chi connectivity index (χ1n) is 6.47. The summed E-state index contributed by atoms with van der Waals surface area (Å²) in [4.78, 5) is 2.37. The molecule has 1 N–H and O–H groups in total. The van der Waals surface area contributed by atoms with Gasteiger partial charge in [0.25, 0.3) is 0 Å². The second-order valence-corrected chi connectivity index (χ2v) is 4.93. The SMILES string of the molecule is CCN(CCCO)C1CC(C)CCC1C#N. The van der Waals surface area contributed by atoms with Crippen LogP contribution in [-0.2, 0) is 0 Å². The summed E-state index contributed by atoms with van der Waals surface area (Å²) in [5.74, 6) is 0.924. The number of nitrogens with zero attached hydrogens (tertiary/aromatic N) is 2. The highest BCUT2D eigenvalue weighted by Gasteiger charge is 2.31. The zero-order chi connectivity index (χ0) is 12.0. The molecule has 1 aliphatic carbocycles. The van der Waals surface area contributed by atoms with Crippen molar-refractivity contribution >= 4 is 0 Å². The molecule has 0 aromatic rings. The predicted molar refractivity (Wildman–Crippen MR) is 64.9 cm³/mol. The molecule has 3 atom stereocenters. The molecule has 92 valence electrons. The molecule has 3 nitrogen and oxygen atoms in total. The molecular weight excluding hydrogens is 200 g/mol. The average Bonchev–Trinajstić information content (AvgIpc) is 2.30. The van der Waals surface area contributed by atoms with Gasteiger partial charge in [-0.3, -0.25) is 4.90 Å². The van der Waals surface area contributed by atoms with E-state index in [9.17, 15) is 5.26 Å². The molecule has 16 heavy (non-hydrogen) atoms. The smallest absolute Gasteiger partial charge is 0.0672 e. The van der Waals surface area contributed by atoms with Crippen LogP contribution < -0.4 is 0 Å². The zero-order valence-corrected chi connectivity index (χ0v) is 10.5. The minimum Gasteiger partial charge on any atom is -0.396 e. The molecule has 1 fully saturated rings. The summed E-state index contributed by atoms with van der Waals surface area (Å²) >= 11 is 0. The molecule has 1 saturated carbocycles. The Labute approximate surface area is 99.1 Å². The largest absolute Gasteiger partial charge is 0.396 e. The molecule has 0 aliphatic heterocycles. The summed E-state index contributed by atoms with van der Waals surface area (Å²) in [5, 5.41) is 18.1. The molecule has 3 unspecified atom stereocenters. The van der Waals surface area contributed by atoms with Gasteiger partial charge < -0.3 is 5.11 Å². The van der Waals surface area contributed by atoms with Crippen molar-refractivity contribution in [3.05, 3.63) is 0 Å². The van der Waals surface area contributed by atoms with Crippen molar-refractivity contribution in [3.8, 4) is 6.07 Å². The molecule has 1 rings (SSSR count). The Morgan fingerprint density at radius 3 is 2.75 bits per heavy atom. The van der Waals surface area contributed by atoms with Gasteiger partial charge in [-0.15, -0.1) is 0 Å². The predicted octanol–water partition coefficient (Wildman–Crippen LogP) is 2.02. The lowest BCUT2D eigenvalue weighted by Gasteiger charge is -2.39. The van der Waals surface area contributed by atoms with E-state index in [0.717, 1.165) is 38.3 Å². The van der Waals surface area contributed by atoms with Crippen molar-refractivity contribution in [3.63, 3.8) is 0 Å². The molecule has 0 radical (unpaired) electrons. The molecule has 0 spiro atoms. The lowest BCUT2D eigenvalue weighted by molar-refractivity contribution is 0.103. The average molecular weight is 224 g/mol. The topological polar surface area (TPSA) is 47.3 Å². The van der Waals surface area contributed by atoms with Crippen LogP contribution in [0.4, 0.5) is 0 Å². The first-order chi connectivity index (χ1) is 7.72. The monoisotopic (exact) mass is 224 g/mol. The van der Waals surface area contributed by atoms with Crippen molar-refractivity contribution in [2.24, 2.45) is 11.8 Å². The molecule has 0 aromatic carbocycles. The number of aliphatic hydroxyl groups excluding tert-OH is 1. The van der Waals surface area contributed by atoms with Crippen LogP contribution in [0.3, 0.4) is 0 Å². The number of nitriles is 1. The van der Waals surface area contributed by atoms with Gasteiger partial charge in [0.1, 0.15) is 0 Å². The third kappa shape index (κ3) is 3.47. The second kappa shape index (κ2) is 6.88. The van der Waals surface area contributed by atoms with E-state index in [4.69, 9.17) is 5.11 Å². The Bertz CT molecular complexity index is 237. The molecule has 0 saturated heterocycles. The van der Waals surface area contributed by atoms with E-state index in [1.807, 2.05) is 0 Å². The molecule has 0 bridgehead atoms. The van der Waals surface area contributed by atoms with Crippen LogP contribution >= 0.6 is 0 Å². The fourth-order valence-electron chi connectivity index (χ4n) is 2.74. The van der Waals surface area contributed by atoms with Gasteiger partial charge in [0.05, 0.1) is 12.0 Å². The molecule has 0 aromatic heterocycles. The maximum absolute atomic E-state index is 9.19. The fraction of sp³-hybridized carbons (Fsp3) is 0.923. The molecular formula is C13H24N2O. The molecule has 0 heterocycles. The number of rotatable bonds is 5. The summed E-state index contributed by atoms with van der Waals surface area (Å²) in [7, 11) is 0. The summed E-state index contributed by atoms with van der Waals surface area (Å²) < 4.78 is 0. The van der Waals surface area contributed by atoms with E-state index in [1.165, 1.54) is 6.42 Å². The third-order valence-corrected chi connectivity index (χ3v) is 3.72. The maximum atomic E-state index is 9.19. The second-order valence-electron chi connectivity index (χ2n) is 4.93. The summed E-state index contributed by atoms with van der Waals surface area (Å²) in [6, 6.07) is 2.87. The molecule has 1 aliphatic rings. The lowest BCUT2D eigenvalue weighted by atomic mass is 9.79. The highest BCUT2D eigenvalue weighted by Crippen LogP contribution is 2.31. The fourth-order valence-corrected chi connectivity index (χ4v) is 2.74. The van der Waals surface area contributed by atoms with E-state index >= 15 is 0 Å². The highest BCUT2D eigenvalue weighted by molar-refractivity contribution is 4.96. The van der Waals surface area contributed by atoms with Gasteiger partial charge in [0.15, 0.2) is 0 Å². The Kier molecular flexibility index (Phi) is 5.79. The Balaban J connectivity index is 2.60. The first kappa shape index (κ1) is 13.5. The van der Waals surface area contributed by atoms with Gasteiger partial charge in [-0.25, -0.2) is 0 Å². The Hall–Kier alpha value is -0.590. The van der Waals surface area contributed by atoms with Crippen LogP contribution in [0.2, 0.25) is 0 Å². The van der Waals surface area contributed by atoms with Crippen molar-refractivity contribution < 1.29 is 5.11 Å². The quantitative estimate of drug-likeness (QED) is 0.777. The van der Waals surface area contributed by atoms with Crippen molar-refractivity contribution in [1.82, 2.24) is 4.90 Å². The van der Waals surface area contributed by atoms with E-state index in [1.54, 1.807) is 0 Å².